The van der Waals surface area contributed by atoms with Crippen molar-refractivity contribution in [1.29, 1.82) is 0 Å². The lowest BCUT2D eigenvalue weighted by molar-refractivity contribution is -0.543. The van der Waals surface area contributed by atoms with Crippen molar-refractivity contribution in [2.75, 3.05) is 0 Å². The summed E-state index contributed by atoms with van der Waals surface area (Å²) in [4.78, 5) is 11.3. The van der Waals surface area contributed by atoms with E-state index in [4.69, 9.17) is 11.6 Å². The lowest BCUT2D eigenvalue weighted by Gasteiger charge is -2.63. The number of hydrogen-bond donors (Lipinski definition) is 1. The molecule has 0 aliphatic heterocycles. The van der Waals surface area contributed by atoms with Gasteiger partial charge < -0.3 is 5.11 Å². The van der Waals surface area contributed by atoms with Gasteiger partial charge in [-0.25, -0.2) is 0 Å². The Morgan fingerprint density at radius 3 is 2.44 bits per heavy atom. The molecule has 0 saturated heterocycles. The topological polar surface area (TPSA) is 63.4 Å². The molecule has 0 bridgehead atoms. The van der Waals surface area contributed by atoms with Crippen molar-refractivity contribution >= 4 is 11.6 Å². The van der Waals surface area contributed by atoms with E-state index in [-0.39, 0.29) is 10.3 Å². The molecule has 184 valence electrons. The molecular formula is C27H46ClNO3. The SMILES string of the molecule is CC(C)CCC[C@@H](C)[C@H]1CC[C@H]2[C@@H]3CC([N+](=O)[O-])C4(Cl)CC(O)CC[C@]4(C)[C@H]3CC[C@]12C. The molecule has 0 radical (unpaired) electrons. The lowest BCUT2D eigenvalue weighted by Crippen LogP contribution is -2.67. The van der Waals surface area contributed by atoms with Crippen molar-refractivity contribution in [2.45, 2.75) is 122 Å². The highest BCUT2D eigenvalue weighted by Crippen LogP contribution is 2.70. The number of hydrogen-bond acceptors (Lipinski definition) is 3. The van der Waals surface area contributed by atoms with Gasteiger partial charge in [0.1, 0.15) is 4.87 Å². The number of aliphatic hydroxyl groups is 1. The Morgan fingerprint density at radius 1 is 1.06 bits per heavy atom. The molecule has 4 rings (SSSR count). The molecule has 0 aromatic carbocycles. The van der Waals surface area contributed by atoms with Crippen LogP contribution in [0.2, 0.25) is 0 Å². The van der Waals surface area contributed by atoms with Crippen LogP contribution in [0.3, 0.4) is 0 Å². The first-order valence-corrected chi connectivity index (χ1v) is 13.8. The minimum Gasteiger partial charge on any atom is -0.393 e. The number of aliphatic hydroxyl groups excluding tert-OH is 1. The van der Waals surface area contributed by atoms with Crippen LogP contribution in [0.4, 0.5) is 0 Å². The summed E-state index contributed by atoms with van der Waals surface area (Å²) in [6.07, 6.45) is 10.9. The van der Waals surface area contributed by atoms with Gasteiger partial charge in [0.2, 0.25) is 6.04 Å². The van der Waals surface area contributed by atoms with Crippen LogP contribution in [0.15, 0.2) is 0 Å². The summed E-state index contributed by atoms with van der Waals surface area (Å²) in [6, 6.07) is -0.741. The second-order valence-electron chi connectivity index (χ2n) is 13.1. The predicted octanol–water partition coefficient (Wildman–Crippen LogP) is 7.09. The Kier molecular flexibility index (Phi) is 6.73. The molecule has 0 heterocycles. The van der Waals surface area contributed by atoms with Gasteiger partial charge in [-0.05, 0) is 91.3 Å². The van der Waals surface area contributed by atoms with Gasteiger partial charge in [0.05, 0.1) is 6.10 Å². The molecule has 32 heavy (non-hydrogen) atoms. The number of nitro groups is 1. The van der Waals surface area contributed by atoms with Crippen LogP contribution in [-0.4, -0.2) is 27.0 Å². The molecule has 3 unspecified atom stereocenters. The monoisotopic (exact) mass is 467 g/mol. The van der Waals surface area contributed by atoms with Gasteiger partial charge in [-0.3, -0.25) is 10.1 Å². The average Bonchev–Trinajstić information content (AvgIpc) is 3.05. The first-order chi connectivity index (χ1) is 14.9. The Bertz CT molecular complexity index is 715. The highest BCUT2D eigenvalue weighted by molar-refractivity contribution is 6.25. The summed E-state index contributed by atoms with van der Waals surface area (Å²) in [5.41, 5.74) is 0.0627. The molecule has 0 spiro atoms. The number of fused-ring (bicyclic) bond motifs is 5. The number of halogens is 1. The average molecular weight is 468 g/mol. The highest BCUT2D eigenvalue weighted by Gasteiger charge is 2.70. The summed E-state index contributed by atoms with van der Waals surface area (Å²) in [6.45, 7) is 11.9. The van der Waals surface area contributed by atoms with Crippen LogP contribution < -0.4 is 0 Å². The summed E-state index contributed by atoms with van der Waals surface area (Å²) >= 11 is 7.23. The lowest BCUT2D eigenvalue weighted by atomic mass is 9.43. The van der Waals surface area contributed by atoms with E-state index in [0.717, 1.165) is 37.0 Å². The zero-order chi connectivity index (χ0) is 23.5. The maximum atomic E-state index is 12.3. The van der Waals surface area contributed by atoms with E-state index >= 15 is 0 Å². The molecule has 5 heteroatoms. The molecule has 0 aromatic heterocycles. The predicted molar refractivity (Wildman–Crippen MR) is 130 cm³/mol. The van der Waals surface area contributed by atoms with Crippen molar-refractivity contribution in [3.63, 3.8) is 0 Å². The van der Waals surface area contributed by atoms with E-state index in [1.54, 1.807) is 0 Å². The highest BCUT2D eigenvalue weighted by atomic mass is 35.5. The largest absolute Gasteiger partial charge is 0.393 e. The van der Waals surface area contributed by atoms with Gasteiger partial charge in [-0.1, -0.05) is 53.9 Å². The van der Waals surface area contributed by atoms with Crippen LogP contribution in [0.25, 0.3) is 0 Å². The fraction of sp³-hybridized carbons (Fsp3) is 1.00. The minimum absolute atomic E-state index is 0.0908. The van der Waals surface area contributed by atoms with Crippen molar-refractivity contribution in [2.24, 2.45) is 46.3 Å². The van der Waals surface area contributed by atoms with E-state index in [2.05, 4.69) is 34.6 Å². The van der Waals surface area contributed by atoms with E-state index in [1.807, 2.05) is 0 Å². The molecule has 4 saturated carbocycles. The molecule has 4 nitrogen and oxygen atoms in total. The molecule has 4 aliphatic rings. The van der Waals surface area contributed by atoms with E-state index < -0.39 is 17.0 Å². The van der Waals surface area contributed by atoms with Gasteiger partial charge in [-0.15, -0.1) is 11.6 Å². The van der Waals surface area contributed by atoms with E-state index in [9.17, 15) is 15.2 Å². The van der Waals surface area contributed by atoms with Crippen molar-refractivity contribution in [3.05, 3.63) is 10.1 Å². The van der Waals surface area contributed by atoms with Gasteiger partial charge in [0.15, 0.2) is 0 Å². The van der Waals surface area contributed by atoms with Gasteiger partial charge in [-0.2, -0.15) is 0 Å². The van der Waals surface area contributed by atoms with Gasteiger partial charge in [0, 0.05) is 11.3 Å². The third-order valence-electron chi connectivity index (χ3n) is 11.2. The standard InChI is InChI=1S/C27H46ClNO3/c1-17(2)7-6-8-18(3)21-9-10-22-20-15-24(29(31)32)27(28)16-19(30)11-14-26(27,5)23(20)12-13-25(21,22)4/h17-24,30H,6-16H2,1-5H3/t18-,19?,20+,21-,22+,23+,24?,25-,26-,27?/m1/s1. The second kappa shape index (κ2) is 8.70. The van der Waals surface area contributed by atoms with Crippen LogP contribution in [0.1, 0.15) is 105 Å². The first-order valence-electron chi connectivity index (χ1n) is 13.4. The van der Waals surface area contributed by atoms with Gasteiger partial charge in [0.25, 0.3) is 0 Å². The third kappa shape index (κ3) is 3.74. The summed E-state index contributed by atoms with van der Waals surface area (Å²) in [5, 5.41) is 22.7. The van der Waals surface area contributed by atoms with Crippen molar-refractivity contribution in [1.82, 2.24) is 0 Å². The van der Waals surface area contributed by atoms with E-state index in [1.165, 1.54) is 38.5 Å². The Labute approximate surface area is 200 Å². The fourth-order valence-electron chi connectivity index (χ4n) is 9.49. The zero-order valence-electron chi connectivity index (χ0n) is 21.0. The first kappa shape index (κ1) is 24.8. The Hall–Kier alpha value is -0.350. The molecule has 4 fully saturated rings. The van der Waals surface area contributed by atoms with E-state index in [0.29, 0.717) is 36.0 Å². The smallest absolute Gasteiger partial charge is 0.232 e. The number of rotatable bonds is 6. The zero-order valence-corrected chi connectivity index (χ0v) is 21.7. The van der Waals surface area contributed by atoms with Crippen LogP contribution in [0, 0.1) is 56.5 Å². The summed E-state index contributed by atoms with van der Waals surface area (Å²) in [5.74, 6) is 3.71. The van der Waals surface area contributed by atoms with Crippen molar-refractivity contribution < 1.29 is 10.0 Å². The van der Waals surface area contributed by atoms with Gasteiger partial charge >= 0.3 is 0 Å². The maximum Gasteiger partial charge on any atom is 0.232 e. The summed E-state index contributed by atoms with van der Waals surface area (Å²) in [7, 11) is 0. The third-order valence-corrected chi connectivity index (χ3v) is 12.1. The molecule has 4 aliphatic carbocycles. The number of alkyl halides is 1. The fourth-order valence-corrected chi connectivity index (χ4v) is 10.1. The summed E-state index contributed by atoms with van der Waals surface area (Å²) < 4.78 is 0. The minimum atomic E-state index is -0.911. The Morgan fingerprint density at radius 2 is 1.78 bits per heavy atom. The number of nitrogens with zero attached hydrogens (tertiary/aromatic N) is 1. The maximum absolute atomic E-state index is 12.3. The molecule has 0 amide bonds. The van der Waals surface area contributed by atoms with Crippen LogP contribution in [0.5, 0.6) is 0 Å². The second-order valence-corrected chi connectivity index (χ2v) is 13.8. The molecular weight excluding hydrogens is 422 g/mol. The van der Waals surface area contributed by atoms with Crippen molar-refractivity contribution in [3.8, 4) is 0 Å². The molecule has 0 aromatic rings. The quantitative estimate of drug-likeness (QED) is 0.257. The molecule has 10 atom stereocenters. The van der Waals surface area contributed by atoms with Crippen LogP contribution >= 0.6 is 11.6 Å². The normalized spacial score (nSPS) is 49.2. The van der Waals surface area contributed by atoms with Crippen LogP contribution in [-0.2, 0) is 0 Å². The Balaban J connectivity index is 1.59. The molecule has 1 N–H and O–H groups in total.